The summed E-state index contributed by atoms with van der Waals surface area (Å²) in [6.07, 6.45) is -2.87. The van der Waals surface area contributed by atoms with Crippen LogP contribution in [-0.4, -0.2) is 38.7 Å². The summed E-state index contributed by atoms with van der Waals surface area (Å²) in [4.78, 5) is 21.1. The Kier molecular flexibility index (Phi) is 6.58. The molecule has 2 heterocycles. The van der Waals surface area contributed by atoms with E-state index in [0.29, 0.717) is 22.5 Å². The zero-order chi connectivity index (χ0) is 26.9. The van der Waals surface area contributed by atoms with Crippen LogP contribution in [0.1, 0.15) is 19.4 Å². The maximum Gasteiger partial charge on any atom is 0.416 e. The molecule has 0 radical (unpaired) electrons. The Morgan fingerprint density at radius 2 is 1.89 bits per heavy atom. The summed E-state index contributed by atoms with van der Waals surface area (Å²) in [5.74, 6) is 0.661. The summed E-state index contributed by atoms with van der Waals surface area (Å²) in [6.45, 7) is 3.54. The molecule has 0 atom stereocenters. The largest absolute Gasteiger partial charge is 0.484 e. The molecule has 8 nitrogen and oxygen atoms in total. The number of nitrogens with one attached hydrogen (secondary N) is 3. The van der Waals surface area contributed by atoms with E-state index >= 15 is 0 Å². The van der Waals surface area contributed by atoms with Crippen molar-refractivity contribution in [2.24, 2.45) is 0 Å². The van der Waals surface area contributed by atoms with E-state index in [4.69, 9.17) is 4.74 Å². The van der Waals surface area contributed by atoms with Crippen molar-refractivity contribution in [3.05, 3.63) is 72.4 Å². The molecule has 1 amide bonds. The number of alkyl halides is 3. The van der Waals surface area contributed by atoms with Gasteiger partial charge in [0.1, 0.15) is 11.6 Å². The second-order valence-electron chi connectivity index (χ2n) is 8.96. The van der Waals surface area contributed by atoms with E-state index in [2.05, 4.69) is 30.8 Å². The third kappa shape index (κ3) is 5.51. The molecule has 0 aliphatic carbocycles. The van der Waals surface area contributed by atoms with E-state index in [1.54, 1.807) is 36.5 Å². The number of hydrogen-bond donors (Lipinski definition) is 3. The zero-order valence-corrected chi connectivity index (χ0v) is 20.4. The average Bonchev–Trinajstić information content (AvgIpc) is 3.34. The highest BCUT2D eigenvalue weighted by atomic mass is 19.4. The van der Waals surface area contributed by atoms with Crippen LogP contribution >= 0.6 is 0 Å². The van der Waals surface area contributed by atoms with Gasteiger partial charge in [0, 0.05) is 28.1 Å². The van der Waals surface area contributed by atoms with Crippen LogP contribution in [0.2, 0.25) is 0 Å². The van der Waals surface area contributed by atoms with Crippen LogP contribution in [0.25, 0.3) is 33.2 Å². The summed E-state index contributed by atoms with van der Waals surface area (Å²) in [7, 11) is 0. The number of nitrogens with zero attached hydrogens (tertiary/aromatic N) is 3. The van der Waals surface area contributed by atoms with Gasteiger partial charge in [-0.15, -0.1) is 0 Å². The standard InChI is InChI=1S/C27H23F3N6O2/c1-15(2)32-24(37)14-38-20-5-3-4-16(11-20)25-34-23-8-6-18(27(28,29)30)12-21(23)26(35-25)33-19-7-9-22-17(10-19)13-31-36-22/h3-13,15H,14H2,1-2H3,(H,31,36)(H,32,37)(H,33,34,35). The van der Waals surface area contributed by atoms with Crippen LogP contribution in [0.15, 0.2) is 66.9 Å². The minimum Gasteiger partial charge on any atom is -0.484 e. The SMILES string of the molecule is CC(C)NC(=O)COc1cccc(-c2nc(Nc3ccc4[nH]ncc4c3)c3cc(C(F)(F)F)ccc3n2)c1. The molecular weight excluding hydrogens is 497 g/mol. The molecule has 0 unspecified atom stereocenters. The maximum absolute atomic E-state index is 13.5. The highest BCUT2D eigenvalue weighted by Crippen LogP contribution is 2.35. The predicted octanol–water partition coefficient (Wildman–Crippen LogP) is 5.84. The lowest BCUT2D eigenvalue weighted by Crippen LogP contribution is -2.34. The number of hydrogen-bond acceptors (Lipinski definition) is 6. The molecule has 0 bridgehead atoms. The van der Waals surface area contributed by atoms with Crippen LogP contribution in [0, 0.1) is 0 Å². The monoisotopic (exact) mass is 520 g/mol. The Labute approximate surface area is 215 Å². The number of carbonyl (C=O) groups excluding carboxylic acids is 1. The van der Waals surface area contributed by atoms with Gasteiger partial charge < -0.3 is 15.4 Å². The molecule has 194 valence electrons. The molecule has 0 aliphatic rings. The first-order chi connectivity index (χ1) is 18.2. The third-order valence-electron chi connectivity index (χ3n) is 5.64. The lowest BCUT2D eigenvalue weighted by atomic mass is 10.1. The van der Waals surface area contributed by atoms with Crippen LogP contribution in [0.5, 0.6) is 5.75 Å². The lowest BCUT2D eigenvalue weighted by molar-refractivity contribution is -0.137. The van der Waals surface area contributed by atoms with Gasteiger partial charge in [-0.05, 0) is 62.4 Å². The molecule has 3 aromatic carbocycles. The van der Waals surface area contributed by atoms with Crippen molar-refractivity contribution in [2.75, 3.05) is 11.9 Å². The van der Waals surface area contributed by atoms with Crippen molar-refractivity contribution in [3.63, 3.8) is 0 Å². The topological polar surface area (TPSA) is 105 Å². The quantitative estimate of drug-likeness (QED) is 0.249. The average molecular weight is 521 g/mol. The molecule has 0 aliphatic heterocycles. The molecule has 0 saturated heterocycles. The minimum absolute atomic E-state index is 0.0126. The van der Waals surface area contributed by atoms with Crippen molar-refractivity contribution in [3.8, 4) is 17.1 Å². The van der Waals surface area contributed by atoms with Crippen LogP contribution in [0.4, 0.5) is 24.7 Å². The molecular formula is C27H23F3N6O2. The first-order valence-corrected chi connectivity index (χ1v) is 11.8. The van der Waals surface area contributed by atoms with Crippen molar-refractivity contribution in [1.82, 2.24) is 25.5 Å². The van der Waals surface area contributed by atoms with E-state index in [9.17, 15) is 18.0 Å². The van der Waals surface area contributed by atoms with Gasteiger partial charge in [0.05, 0.1) is 22.8 Å². The smallest absolute Gasteiger partial charge is 0.416 e. The van der Waals surface area contributed by atoms with Crippen molar-refractivity contribution in [1.29, 1.82) is 0 Å². The third-order valence-corrected chi connectivity index (χ3v) is 5.64. The molecule has 5 rings (SSSR count). The Morgan fingerprint density at radius 1 is 1.05 bits per heavy atom. The minimum atomic E-state index is -4.52. The number of amides is 1. The van der Waals surface area contributed by atoms with Gasteiger partial charge in [0.15, 0.2) is 12.4 Å². The number of ether oxygens (including phenoxy) is 1. The summed E-state index contributed by atoms with van der Waals surface area (Å²) in [5, 5.41) is 13.8. The van der Waals surface area contributed by atoms with Crippen molar-refractivity contribution in [2.45, 2.75) is 26.1 Å². The Bertz CT molecular complexity index is 1630. The van der Waals surface area contributed by atoms with Crippen molar-refractivity contribution >= 4 is 39.2 Å². The molecule has 0 saturated carbocycles. The summed E-state index contributed by atoms with van der Waals surface area (Å²) < 4.78 is 46.1. The normalized spacial score (nSPS) is 11.7. The second kappa shape index (κ2) is 10.0. The number of fused-ring (bicyclic) bond motifs is 2. The summed E-state index contributed by atoms with van der Waals surface area (Å²) >= 11 is 0. The molecule has 38 heavy (non-hydrogen) atoms. The fourth-order valence-corrected chi connectivity index (χ4v) is 3.92. The lowest BCUT2D eigenvalue weighted by Gasteiger charge is -2.14. The number of H-pyrrole nitrogens is 1. The second-order valence-corrected chi connectivity index (χ2v) is 8.96. The molecule has 0 fully saturated rings. The number of anilines is 2. The van der Waals surface area contributed by atoms with Crippen LogP contribution < -0.4 is 15.4 Å². The van der Waals surface area contributed by atoms with E-state index in [-0.39, 0.29) is 35.6 Å². The van der Waals surface area contributed by atoms with E-state index < -0.39 is 11.7 Å². The van der Waals surface area contributed by atoms with Crippen LogP contribution in [-0.2, 0) is 11.0 Å². The first kappa shape index (κ1) is 25.0. The van der Waals surface area contributed by atoms with E-state index in [1.165, 1.54) is 6.07 Å². The van der Waals surface area contributed by atoms with Gasteiger partial charge >= 0.3 is 6.18 Å². The molecule has 0 spiro atoms. The van der Waals surface area contributed by atoms with E-state index in [1.807, 2.05) is 26.0 Å². The zero-order valence-electron chi connectivity index (χ0n) is 20.4. The molecule has 5 aromatic rings. The van der Waals surface area contributed by atoms with Gasteiger partial charge in [0.2, 0.25) is 0 Å². The molecule has 2 aromatic heterocycles. The number of carbonyl (C=O) groups is 1. The first-order valence-electron chi connectivity index (χ1n) is 11.8. The summed E-state index contributed by atoms with van der Waals surface area (Å²) in [6, 6.07) is 15.6. The highest BCUT2D eigenvalue weighted by molar-refractivity contribution is 5.94. The van der Waals surface area contributed by atoms with Gasteiger partial charge in [-0.25, -0.2) is 9.97 Å². The van der Waals surface area contributed by atoms with Crippen molar-refractivity contribution < 1.29 is 22.7 Å². The highest BCUT2D eigenvalue weighted by Gasteiger charge is 2.31. The summed E-state index contributed by atoms with van der Waals surface area (Å²) in [5.41, 5.74) is 1.54. The molecule has 3 N–H and O–H groups in total. The molecule has 11 heteroatoms. The fraction of sp³-hybridized carbons (Fsp3) is 0.185. The Balaban J connectivity index is 1.53. The Hall–Kier alpha value is -4.67. The van der Waals surface area contributed by atoms with Gasteiger partial charge in [-0.3, -0.25) is 9.89 Å². The van der Waals surface area contributed by atoms with Gasteiger partial charge in [-0.1, -0.05) is 12.1 Å². The van der Waals surface area contributed by atoms with Crippen LogP contribution in [0.3, 0.4) is 0 Å². The fourth-order valence-electron chi connectivity index (χ4n) is 3.92. The number of rotatable bonds is 7. The van der Waals surface area contributed by atoms with E-state index in [0.717, 1.165) is 23.0 Å². The number of aromatic amines is 1. The number of halogens is 3. The number of benzene rings is 3. The van der Waals surface area contributed by atoms with Gasteiger partial charge in [0.25, 0.3) is 5.91 Å². The number of aromatic nitrogens is 4. The van der Waals surface area contributed by atoms with Gasteiger partial charge in [-0.2, -0.15) is 18.3 Å². The maximum atomic E-state index is 13.5. The Morgan fingerprint density at radius 3 is 2.68 bits per heavy atom. The predicted molar refractivity (Wildman–Crippen MR) is 138 cm³/mol.